The minimum Gasteiger partial charge on any atom is -0.458 e. The van der Waals surface area contributed by atoms with Gasteiger partial charge in [0.25, 0.3) is 5.56 Å². The van der Waals surface area contributed by atoms with Gasteiger partial charge in [0.2, 0.25) is 0 Å². The molecule has 2 aromatic heterocycles. The van der Waals surface area contributed by atoms with Crippen molar-refractivity contribution in [1.82, 2.24) is 9.55 Å². The lowest BCUT2D eigenvalue weighted by molar-refractivity contribution is -0.172. The lowest BCUT2D eigenvalue weighted by Gasteiger charge is -2.31. The number of halogens is 3. The SMILES string of the molecule is CC[C@@]1(O)C(=O)OCc2c1cc1n(c2=O)Cc2c-1nc1ccc(SC(F)(F)F)cc1c2CN. The molecule has 0 saturated heterocycles. The second kappa shape index (κ2) is 7.31. The number of fused-ring (bicyclic) bond motifs is 5. The molecule has 0 saturated carbocycles. The summed E-state index contributed by atoms with van der Waals surface area (Å²) in [7, 11) is 0. The number of ether oxygens (including phenoxy) is 1. The van der Waals surface area contributed by atoms with Crippen LogP contribution in [0.4, 0.5) is 13.2 Å². The van der Waals surface area contributed by atoms with Gasteiger partial charge in [-0.05, 0) is 48.0 Å². The Balaban J connectivity index is 1.74. The van der Waals surface area contributed by atoms with Gasteiger partial charge in [0, 0.05) is 28.0 Å². The predicted octanol–water partition coefficient (Wildman–Crippen LogP) is 3.15. The Morgan fingerprint density at radius 1 is 1.27 bits per heavy atom. The number of hydrogen-bond acceptors (Lipinski definition) is 7. The maximum atomic E-state index is 13.3. The molecule has 1 atom stereocenters. The van der Waals surface area contributed by atoms with E-state index in [4.69, 9.17) is 10.5 Å². The molecule has 11 heteroatoms. The number of aliphatic hydroxyl groups is 1. The summed E-state index contributed by atoms with van der Waals surface area (Å²) in [4.78, 5) is 30.2. The predicted molar refractivity (Wildman–Crippen MR) is 114 cm³/mol. The zero-order valence-corrected chi connectivity index (χ0v) is 18.1. The van der Waals surface area contributed by atoms with Crippen LogP contribution in [0.5, 0.6) is 0 Å². The number of carbonyl (C=O) groups is 1. The van der Waals surface area contributed by atoms with Crippen molar-refractivity contribution in [2.75, 3.05) is 0 Å². The number of esters is 1. The highest BCUT2D eigenvalue weighted by Crippen LogP contribution is 2.42. The van der Waals surface area contributed by atoms with E-state index in [-0.39, 0.29) is 53.9 Å². The average molecular weight is 477 g/mol. The first-order valence-electron chi connectivity index (χ1n) is 10.2. The first-order chi connectivity index (χ1) is 15.6. The van der Waals surface area contributed by atoms with Crippen molar-refractivity contribution < 1.29 is 27.8 Å². The summed E-state index contributed by atoms with van der Waals surface area (Å²) in [6.07, 6.45) is 0.0213. The fourth-order valence-electron chi connectivity index (χ4n) is 4.57. The number of benzene rings is 1. The van der Waals surface area contributed by atoms with E-state index in [1.54, 1.807) is 13.0 Å². The van der Waals surface area contributed by atoms with E-state index in [9.17, 15) is 27.9 Å². The normalized spacial score (nSPS) is 19.3. The van der Waals surface area contributed by atoms with Gasteiger partial charge in [-0.25, -0.2) is 9.78 Å². The van der Waals surface area contributed by atoms with Gasteiger partial charge in [-0.1, -0.05) is 6.92 Å². The van der Waals surface area contributed by atoms with Gasteiger partial charge >= 0.3 is 11.5 Å². The van der Waals surface area contributed by atoms with Crippen molar-refractivity contribution in [2.24, 2.45) is 5.73 Å². The summed E-state index contributed by atoms with van der Waals surface area (Å²) in [5, 5.41) is 11.4. The second-order valence-corrected chi connectivity index (χ2v) is 9.09. The zero-order chi connectivity index (χ0) is 23.7. The summed E-state index contributed by atoms with van der Waals surface area (Å²) >= 11 is -0.220. The zero-order valence-electron chi connectivity index (χ0n) is 17.3. The van der Waals surface area contributed by atoms with E-state index < -0.39 is 22.6 Å². The van der Waals surface area contributed by atoms with Gasteiger partial charge in [-0.2, -0.15) is 13.2 Å². The van der Waals surface area contributed by atoms with Crippen LogP contribution in [0.2, 0.25) is 0 Å². The average Bonchev–Trinajstić information content (AvgIpc) is 3.12. The highest BCUT2D eigenvalue weighted by atomic mass is 32.2. The number of rotatable bonds is 3. The molecule has 0 fully saturated rings. The standard InChI is InChI=1S/C22H18F3N3O4S/c1-2-21(31)15-6-17-18-13(8-28(17)19(29)14(15)9-32-20(21)30)12(7-26)11-5-10(33-22(23,24)25)3-4-16(11)27-18/h3-6,31H,2,7-9,26H2,1H3/t21-/m0/s1. The molecule has 3 aromatic rings. The van der Waals surface area contributed by atoms with E-state index in [0.29, 0.717) is 33.4 Å². The Hall–Kier alpha value is -2.89. The molecular weight excluding hydrogens is 459 g/mol. The third-order valence-electron chi connectivity index (χ3n) is 6.21. The third kappa shape index (κ3) is 3.25. The topological polar surface area (TPSA) is 107 Å². The summed E-state index contributed by atoms with van der Waals surface area (Å²) in [6.45, 7) is 1.53. The Morgan fingerprint density at radius 2 is 2.03 bits per heavy atom. The first-order valence-corrected chi connectivity index (χ1v) is 11.0. The minimum absolute atomic E-state index is 0.0123. The minimum atomic E-state index is -4.43. The first kappa shape index (κ1) is 21.9. The van der Waals surface area contributed by atoms with Crippen LogP contribution in [0, 0.1) is 0 Å². The molecular formula is C22H18F3N3O4S. The molecule has 33 heavy (non-hydrogen) atoms. The molecule has 7 nitrogen and oxygen atoms in total. The van der Waals surface area contributed by atoms with E-state index in [1.165, 1.54) is 22.8 Å². The summed E-state index contributed by atoms with van der Waals surface area (Å²) in [6, 6.07) is 5.81. The molecule has 0 unspecified atom stereocenters. The van der Waals surface area contributed by atoms with Crippen LogP contribution in [0.25, 0.3) is 22.3 Å². The smallest absolute Gasteiger partial charge is 0.446 e. The van der Waals surface area contributed by atoms with Crippen LogP contribution in [0.3, 0.4) is 0 Å². The molecule has 0 amide bonds. The van der Waals surface area contributed by atoms with Crippen molar-refractivity contribution in [2.45, 2.75) is 49.0 Å². The number of nitrogens with two attached hydrogens (primary N) is 1. The van der Waals surface area contributed by atoms with Crippen LogP contribution in [0.15, 0.2) is 34.0 Å². The molecule has 2 aliphatic heterocycles. The molecule has 4 heterocycles. The number of alkyl halides is 3. The van der Waals surface area contributed by atoms with Gasteiger partial charge in [0.05, 0.1) is 29.0 Å². The van der Waals surface area contributed by atoms with Crippen molar-refractivity contribution in [3.63, 3.8) is 0 Å². The number of carbonyl (C=O) groups excluding carboxylic acids is 1. The molecule has 0 aliphatic carbocycles. The van der Waals surface area contributed by atoms with Gasteiger partial charge < -0.3 is 20.1 Å². The largest absolute Gasteiger partial charge is 0.458 e. The third-order valence-corrected chi connectivity index (χ3v) is 6.94. The van der Waals surface area contributed by atoms with Crippen LogP contribution in [0.1, 0.15) is 35.6 Å². The number of hydrogen-bond donors (Lipinski definition) is 2. The monoisotopic (exact) mass is 477 g/mol. The molecule has 0 radical (unpaired) electrons. The quantitative estimate of drug-likeness (QED) is 0.345. The van der Waals surface area contributed by atoms with Gasteiger partial charge in [-0.15, -0.1) is 0 Å². The Kier molecular flexibility index (Phi) is 4.86. The molecule has 1 aromatic carbocycles. The van der Waals surface area contributed by atoms with Crippen LogP contribution < -0.4 is 11.3 Å². The summed E-state index contributed by atoms with van der Waals surface area (Å²) in [5.74, 6) is -0.816. The van der Waals surface area contributed by atoms with Crippen LogP contribution in [-0.4, -0.2) is 26.1 Å². The molecule has 3 N–H and O–H groups in total. The van der Waals surface area contributed by atoms with Crippen molar-refractivity contribution in [3.05, 3.63) is 56.9 Å². The van der Waals surface area contributed by atoms with Crippen LogP contribution in [-0.2, 0) is 34.8 Å². The van der Waals surface area contributed by atoms with E-state index in [1.807, 2.05) is 0 Å². The molecule has 172 valence electrons. The second-order valence-electron chi connectivity index (χ2n) is 7.95. The van der Waals surface area contributed by atoms with Crippen molar-refractivity contribution in [3.8, 4) is 11.4 Å². The maximum Gasteiger partial charge on any atom is 0.446 e. The molecule has 5 rings (SSSR count). The number of pyridine rings is 2. The number of thioether (sulfide) groups is 1. The van der Waals surface area contributed by atoms with E-state index in [2.05, 4.69) is 4.98 Å². The Bertz CT molecular complexity index is 1400. The highest BCUT2D eigenvalue weighted by molar-refractivity contribution is 8.00. The lowest BCUT2D eigenvalue weighted by Crippen LogP contribution is -2.44. The number of nitrogens with zero attached hydrogens (tertiary/aromatic N) is 2. The Labute approximate surface area is 189 Å². The van der Waals surface area contributed by atoms with Gasteiger partial charge in [-0.3, -0.25) is 4.79 Å². The fraction of sp³-hybridized carbons (Fsp3) is 0.318. The molecule has 2 aliphatic rings. The fourth-order valence-corrected chi connectivity index (χ4v) is 5.15. The van der Waals surface area contributed by atoms with Gasteiger partial charge in [0.1, 0.15) is 6.61 Å². The number of aromatic nitrogens is 2. The van der Waals surface area contributed by atoms with Crippen LogP contribution >= 0.6 is 11.8 Å². The lowest BCUT2D eigenvalue weighted by atomic mass is 9.86. The van der Waals surface area contributed by atoms with Crippen molar-refractivity contribution in [1.29, 1.82) is 0 Å². The summed E-state index contributed by atoms with van der Waals surface area (Å²) < 4.78 is 45.1. The number of cyclic esters (lactones) is 1. The van der Waals surface area contributed by atoms with E-state index >= 15 is 0 Å². The maximum absolute atomic E-state index is 13.3. The highest BCUT2D eigenvalue weighted by Gasteiger charge is 2.45. The van der Waals surface area contributed by atoms with Crippen molar-refractivity contribution >= 4 is 28.6 Å². The van der Waals surface area contributed by atoms with E-state index in [0.717, 1.165) is 0 Å². The molecule has 0 spiro atoms. The molecule has 0 bridgehead atoms. The van der Waals surface area contributed by atoms with Gasteiger partial charge in [0.15, 0.2) is 5.60 Å². The summed E-state index contributed by atoms with van der Waals surface area (Å²) in [5.41, 5.74) is 2.12. The Morgan fingerprint density at radius 3 is 2.70 bits per heavy atom.